The third-order valence-electron chi connectivity index (χ3n) is 3.76. The average molecular weight is 227 g/mol. The molecule has 1 rings (SSSR count). The summed E-state index contributed by atoms with van der Waals surface area (Å²) < 4.78 is 0. The first-order valence-electron chi connectivity index (χ1n) is 6.55. The Kier molecular flexibility index (Phi) is 5.81. The van der Waals surface area contributed by atoms with E-state index in [-0.39, 0.29) is 6.54 Å². The van der Waals surface area contributed by atoms with Crippen LogP contribution in [-0.4, -0.2) is 35.6 Å². The summed E-state index contributed by atoms with van der Waals surface area (Å²) in [6.07, 6.45) is 8.85. The lowest BCUT2D eigenvalue weighted by atomic mass is 9.95. The number of rotatable bonds is 5. The summed E-state index contributed by atoms with van der Waals surface area (Å²) in [5, 5.41) is 8.78. The standard InChI is InChI=1S/C13H25NO2/c1-3-5-11-6-4-7-12(9-8-11)14(2)10-13(15)16/h11-12H,3-10H2,1-2H3,(H,15,16). The largest absolute Gasteiger partial charge is 0.480 e. The molecule has 1 fully saturated rings. The molecule has 3 nitrogen and oxygen atoms in total. The Morgan fingerprint density at radius 2 is 2.06 bits per heavy atom. The van der Waals surface area contributed by atoms with E-state index in [0.29, 0.717) is 6.04 Å². The highest BCUT2D eigenvalue weighted by Gasteiger charge is 2.22. The van der Waals surface area contributed by atoms with Crippen LogP contribution < -0.4 is 0 Å². The van der Waals surface area contributed by atoms with Gasteiger partial charge < -0.3 is 5.11 Å². The number of nitrogens with zero attached hydrogens (tertiary/aromatic N) is 1. The van der Waals surface area contributed by atoms with Crippen molar-refractivity contribution in [2.45, 2.75) is 57.9 Å². The van der Waals surface area contributed by atoms with E-state index in [4.69, 9.17) is 5.11 Å². The number of carboxylic acids is 1. The molecule has 0 aromatic carbocycles. The van der Waals surface area contributed by atoms with Gasteiger partial charge in [-0.3, -0.25) is 9.69 Å². The molecule has 3 heteroatoms. The van der Waals surface area contributed by atoms with Gasteiger partial charge in [-0.05, 0) is 32.2 Å². The van der Waals surface area contributed by atoms with Crippen molar-refractivity contribution in [2.75, 3.05) is 13.6 Å². The van der Waals surface area contributed by atoms with E-state index in [2.05, 4.69) is 6.92 Å². The fraction of sp³-hybridized carbons (Fsp3) is 0.923. The second-order valence-corrected chi connectivity index (χ2v) is 5.13. The number of carboxylic acid groups (broad SMARTS) is 1. The lowest BCUT2D eigenvalue weighted by molar-refractivity contribution is -0.138. The van der Waals surface area contributed by atoms with Gasteiger partial charge in [0, 0.05) is 6.04 Å². The number of aliphatic carboxylic acids is 1. The molecule has 0 amide bonds. The zero-order valence-corrected chi connectivity index (χ0v) is 10.6. The quantitative estimate of drug-likeness (QED) is 0.734. The zero-order valence-electron chi connectivity index (χ0n) is 10.6. The van der Waals surface area contributed by atoms with E-state index in [0.717, 1.165) is 5.92 Å². The van der Waals surface area contributed by atoms with E-state index in [1.54, 1.807) is 0 Å². The lowest BCUT2D eigenvalue weighted by Gasteiger charge is -2.25. The van der Waals surface area contributed by atoms with Crippen LogP contribution in [0.4, 0.5) is 0 Å². The average Bonchev–Trinajstić information content (AvgIpc) is 2.43. The first-order valence-corrected chi connectivity index (χ1v) is 6.55. The molecule has 0 heterocycles. The van der Waals surface area contributed by atoms with Gasteiger partial charge in [-0.2, -0.15) is 0 Å². The molecule has 0 aliphatic heterocycles. The summed E-state index contributed by atoms with van der Waals surface area (Å²) >= 11 is 0. The molecule has 1 aliphatic carbocycles. The summed E-state index contributed by atoms with van der Waals surface area (Å²) in [5.41, 5.74) is 0. The maximum Gasteiger partial charge on any atom is 0.317 e. The van der Waals surface area contributed by atoms with Crippen molar-refractivity contribution in [1.29, 1.82) is 0 Å². The highest BCUT2D eigenvalue weighted by atomic mass is 16.4. The van der Waals surface area contributed by atoms with E-state index in [1.807, 2.05) is 11.9 Å². The zero-order chi connectivity index (χ0) is 12.0. The summed E-state index contributed by atoms with van der Waals surface area (Å²) in [6, 6.07) is 0.484. The molecule has 0 bridgehead atoms. The molecular formula is C13H25NO2. The van der Waals surface area contributed by atoms with Gasteiger partial charge in [0.05, 0.1) is 6.54 Å². The van der Waals surface area contributed by atoms with Gasteiger partial charge in [0.1, 0.15) is 0 Å². The van der Waals surface area contributed by atoms with Crippen molar-refractivity contribution < 1.29 is 9.90 Å². The van der Waals surface area contributed by atoms with Crippen LogP contribution in [0.5, 0.6) is 0 Å². The van der Waals surface area contributed by atoms with Crippen LogP contribution in [0.3, 0.4) is 0 Å². The second kappa shape index (κ2) is 6.89. The highest BCUT2D eigenvalue weighted by Crippen LogP contribution is 2.28. The van der Waals surface area contributed by atoms with Crippen LogP contribution >= 0.6 is 0 Å². The fourth-order valence-electron chi connectivity index (χ4n) is 2.84. The summed E-state index contributed by atoms with van der Waals surface area (Å²) in [6.45, 7) is 2.43. The number of carbonyl (C=O) groups is 1. The van der Waals surface area contributed by atoms with Crippen molar-refractivity contribution >= 4 is 5.97 Å². The third kappa shape index (κ3) is 4.52. The van der Waals surface area contributed by atoms with Gasteiger partial charge in [-0.25, -0.2) is 0 Å². The van der Waals surface area contributed by atoms with Crippen LogP contribution in [0, 0.1) is 5.92 Å². The van der Waals surface area contributed by atoms with Crippen molar-refractivity contribution in [1.82, 2.24) is 4.90 Å². The number of likely N-dealkylation sites (N-methyl/N-ethyl adjacent to an activating group) is 1. The molecule has 1 aliphatic rings. The lowest BCUT2D eigenvalue weighted by Crippen LogP contribution is -2.35. The Labute approximate surface area is 98.8 Å². The third-order valence-corrected chi connectivity index (χ3v) is 3.76. The smallest absolute Gasteiger partial charge is 0.317 e. The van der Waals surface area contributed by atoms with Crippen LogP contribution in [-0.2, 0) is 4.79 Å². The monoisotopic (exact) mass is 227 g/mol. The maximum atomic E-state index is 10.7. The van der Waals surface area contributed by atoms with Crippen molar-refractivity contribution in [3.05, 3.63) is 0 Å². The van der Waals surface area contributed by atoms with Crippen LogP contribution in [0.15, 0.2) is 0 Å². The number of hydrogen-bond donors (Lipinski definition) is 1. The minimum atomic E-state index is -0.711. The molecule has 1 N–H and O–H groups in total. The maximum absolute atomic E-state index is 10.7. The predicted molar refractivity (Wildman–Crippen MR) is 65.5 cm³/mol. The first kappa shape index (κ1) is 13.5. The molecule has 0 aromatic heterocycles. The Hall–Kier alpha value is -0.570. The van der Waals surface area contributed by atoms with Crippen molar-refractivity contribution in [3.63, 3.8) is 0 Å². The Morgan fingerprint density at radius 3 is 2.69 bits per heavy atom. The molecule has 0 spiro atoms. The molecule has 1 saturated carbocycles. The molecule has 2 atom stereocenters. The van der Waals surface area contributed by atoms with Gasteiger partial charge in [-0.15, -0.1) is 0 Å². The Balaban J connectivity index is 2.37. The first-order chi connectivity index (χ1) is 7.63. The van der Waals surface area contributed by atoms with Crippen LogP contribution in [0.25, 0.3) is 0 Å². The van der Waals surface area contributed by atoms with Crippen LogP contribution in [0.2, 0.25) is 0 Å². The molecule has 16 heavy (non-hydrogen) atoms. The molecule has 94 valence electrons. The second-order valence-electron chi connectivity index (χ2n) is 5.13. The van der Waals surface area contributed by atoms with E-state index in [1.165, 1.54) is 44.9 Å². The summed E-state index contributed by atoms with van der Waals surface area (Å²) in [5.74, 6) is 0.171. The van der Waals surface area contributed by atoms with Gasteiger partial charge in [0.15, 0.2) is 0 Å². The Bertz CT molecular complexity index is 218. The topological polar surface area (TPSA) is 40.5 Å². The molecule has 0 aromatic rings. The molecule has 2 unspecified atom stereocenters. The summed E-state index contributed by atoms with van der Waals surface area (Å²) in [4.78, 5) is 12.7. The molecular weight excluding hydrogens is 202 g/mol. The van der Waals surface area contributed by atoms with Crippen molar-refractivity contribution in [2.24, 2.45) is 5.92 Å². The highest BCUT2D eigenvalue weighted by molar-refractivity contribution is 5.69. The van der Waals surface area contributed by atoms with Gasteiger partial charge in [-0.1, -0.05) is 32.6 Å². The van der Waals surface area contributed by atoms with Crippen LogP contribution in [0.1, 0.15) is 51.9 Å². The summed E-state index contributed by atoms with van der Waals surface area (Å²) in [7, 11) is 1.94. The molecule has 0 saturated heterocycles. The fourth-order valence-corrected chi connectivity index (χ4v) is 2.84. The van der Waals surface area contributed by atoms with Gasteiger partial charge in [0.25, 0.3) is 0 Å². The minimum Gasteiger partial charge on any atom is -0.480 e. The minimum absolute atomic E-state index is 0.184. The normalized spacial score (nSPS) is 26.7. The van der Waals surface area contributed by atoms with E-state index in [9.17, 15) is 4.79 Å². The molecule has 0 radical (unpaired) electrons. The number of hydrogen-bond acceptors (Lipinski definition) is 2. The van der Waals surface area contributed by atoms with Gasteiger partial charge >= 0.3 is 5.97 Å². The predicted octanol–water partition coefficient (Wildman–Crippen LogP) is 2.75. The van der Waals surface area contributed by atoms with Gasteiger partial charge in [0.2, 0.25) is 0 Å². The SMILES string of the molecule is CCCC1CCCC(N(C)CC(=O)O)CC1. The Morgan fingerprint density at radius 1 is 1.31 bits per heavy atom. The van der Waals surface area contributed by atoms with E-state index >= 15 is 0 Å². The van der Waals surface area contributed by atoms with E-state index < -0.39 is 5.97 Å². The van der Waals surface area contributed by atoms with Crippen molar-refractivity contribution in [3.8, 4) is 0 Å².